The van der Waals surface area contributed by atoms with E-state index in [1.54, 1.807) is 12.1 Å². The topological polar surface area (TPSA) is 57.9 Å². The highest BCUT2D eigenvalue weighted by atomic mass is 16.5. The van der Waals surface area contributed by atoms with Crippen LogP contribution in [0.3, 0.4) is 0 Å². The van der Waals surface area contributed by atoms with E-state index in [0.717, 1.165) is 0 Å². The molecule has 0 amide bonds. The fraction of sp³-hybridized carbons (Fsp3) is 0.250. The summed E-state index contributed by atoms with van der Waals surface area (Å²) in [5, 5.41) is 0.340. The smallest absolute Gasteiger partial charge is 0.238 e. The van der Waals surface area contributed by atoms with E-state index in [0.29, 0.717) is 22.5 Å². The molecule has 17 heavy (non-hydrogen) atoms. The lowest BCUT2D eigenvalue weighted by Gasteiger charge is -2.08. The molecular weight excluding hydrogens is 224 g/mol. The zero-order chi connectivity index (χ0) is 12.4. The molecule has 1 aromatic heterocycles. The van der Waals surface area contributed by atoms with Crippen molar-refractivity contribution in [2.24, 2.45) is 0 Å². The minimum absolute atomic E-state index is 0.140. The van der Waals surface area contributed by atoms with Crippen molar-refractivity contribution >= 4 is 11.0 Å². The Kier molecular flexibility index (Phi) is 2.91. The first-order valence-electron chi connectivity index (χ1n) is 4.92. The van der Waals surface area contributed by atoms with Crippen LogP contribution in [0.4, 0.5) is 0 Å². The van der Waals surface area contributed by atoms with Crippen LogP contribution in [0.5, 0.6) is 17.2 Å². The normalized spacial score (nSPS) is 10.3. The van der Waals surface area contributed by atoms with Gasteiger partial charge in [0.1, 0.15) is 28.7 Å². The molecule has 0 aliphatic carbocycles. The Hall–Kier alpha value is -2.17. The number of ether oxygens (including phenoxy) is 3. The number of hydrogen-bond donors (Lipinski definition) is 0. The summed E-state index contributed by atoms with van der Waals surface area (Å²) in [6, 6.07) is 3.25. The SMILES string of the molecule is COc1cc(OC)c2c(=O)c(OC)coc2c1. The van der Waals surface area contributed by atoms with Crippen LogP contribution in [-0.2, 0) is 0 Å². The summed E-state index contributed by atoms with van der Waals surface area (Å²) < 4.78 is 20.5. The molecule has 90 valence electrons. The van der Waals surface area contributed by atoms with Gasteiger partial charge in [0.25, 0.3) is 0 Å². The number of fused-ring (bicyclic) bond motifs is 1. The predicted octanol–water partition coefficient (Wildman–Crippen LogP) is 1.82. The molecule has 0 aliphatic rings. The Morgan fingerprint density at radius 2 is 1.71 bits per heavy atom. The molecule has 0 radical (unpaired) electrons. The van der Waals surface area contributed by atoms with Crippen molar-refractivity contribution in [2.45, 2.75) is 0 Å². The summed E-state index contributed by atoms with van der Waals surface area (Å²) in [5.41, 5.74) is 0.125. The van der Waals surface area contributed by atoms with E-state index in [9.17, 15) is 4.79 Å². The van der Waals surface area contributed by atoms with Gasteiger partial charge in [-0.1, -0.05) is 0 Å². The summed E-state index contributed by atoms with van der Waals surface area (Å²) in [4.78, 5) is 12.0. The van der Waals surface area contributed by atoms with Crippen molar-refractivity contribution in [2.75, 3.05) is 21.3 Å². The van der Waals surface area contributed by atoms with Crippen molar-refractivity contribution in [3.63, 3.8) is 0 Å². The van der Waals surface area contributed by atoms with Gasteiger partial charge < -0.3 is 18.6 Å². The Labute approximate surface area is 97.5 Å². The Bertz CT molecular complexity index is 600. The third-order valence-electron chi connectivity index (χ3n) is 2.46. The predicted molar refractivity (Wildman–Crippen MR) is 62.1 cm³/mol. The van der Waals surface area contributed by atoms with Gasteiger partial charge in [0, 0.05) is 12.1 Å². The third kappa shape index (κ3) is 1.80. The largest absolute Gasteiger partial charge is 0.496 e. The molecule has 0 unspecified atom stereocenters. The summed E-state index contributed by atoms with van der Waals surface area (Å²) in [6.45, 7) is 0. The monoisotopic (exact) mass is 236 g/mol. The lowest BCUT2D eigenvalue weighted by Crippen LogP contribution is -2.06. The minimum atomic E-state index is -0.270. The molecule has 0 aliphatic heterocycles. The molecular formula is C12H12O5. The second-order valence-electron chi connectivity index (χ2n) is 3.34. The zero-order valence-electron chi connectivity index (χ0n) is 9.77. The first kappa shape index (κ1) is 11.3. The summed E-state index contributed by atoms with van der Waals surface area (Å²) in [6.07, 6.45) is 1.27. The first-order chi connectivity index (χ1) is 8.21. The first-order valence-corrected chi connectivity index (χ1v) is 4.92. The summed E-state index contributed by atoms with van der Waals surface area (Å²) in [7, 11) is 4.42. The maximum Gasteiger partial charge on any atom is 0.238 e. The van der Waals surface area contributed by atoms with E-state index in [-0.39, 0.29) is 11.2 Å². The molecule has 1 aromatic carbocycles. The van der Waals surface area contributed by atoms with Gasteiger partial charge in [-0.05, 0) is 0 Å². The quantitative estimate of drug-likeness (QED) is 0.813. The summed E-state index contributed by atoms with van der Waals surface area (Å²) >= 11 is 0. The van der Waals surface area contributed by atoms with Crippen molar-refractivity contribution in [3.8, 4) is 17.2 Å². The van der Waals surface area contributed by atoms with Crippen LogP contribution in [0.15, 0.2) is 27.6 Å². The van der Waals surface area contributed by atoms with Crippen molar-refractivity contribution in [1.82, 2.24) is 0 Å². The highest BCUT2D eigenvalue weighted by Gasteiger charge is 2.14. The van der Waals surface area contributed by atoms with Gasteiger partial charge in [-0.2, -0.15) is 0 Å². The molecule has 0 saturated carbocycles. The van der Waals surface area contributed by atoms with Gasteiger partial charge in [-0.15, -0.1) is 0 Å². The second-order valence-corrected chi connectivity index (χ2v) is 3.34. The Morgan fingerprint density at radius 3 is 2.29 bits per heavy atom. The van der Waals surface area contributed by atoms with E-state index in [1.165, 1.54) is 27.6 Å². The van der Waals surface area contributed by atoms with Gasteiger partial charge in [0.15, 0.2) is 0 Å². The fourth-order valence-corrected chi connectivity index (χ4v) is 1.60. The minimum Gasteiger partial charge on any atom is -0.496 e. The molecule has 0 saturated heterocycles. The molecule has 0 bridgehead atoms. The second kappa shape index (κ2) is 4.37. The summed E-state index contributed by atoms with van der Waals surface area (Å²) in [5.74, 6) is 1.09. The van der Waals surface area contributed by atoms with Crippen LogP contribution in [-0.4, -0.2) is 21.3 Å². The molecule has 0 spiro atoms. The highest BCUT2D eigenvalue weighted by Crippen LogP contribution is 2.30. The zero-order valence-corrected chi connectivity index (χ0v) is 9.77. The van der Waals surface area contributed by atoms with E-state index in [1.807, 2.05) is 0 Å². The molecule has 5 heteroatoms. The van der Waals surface area contributed by atoms with Crippen LogP contribution >= 0.6 is 0 Å². The lowest BCUT2D eigenvalue weighted by molar-refractivity contribution is 0.386. The fourth-order valence-electron chi connectivity index (χ4n) is 1.60. The molecule has 2 rings (SSSR count). The average Bonchev–Trinajstić information content (AvgIpc) is 2.37. The van der Waals surface area contributed by atoms with Crippen LogP contribution in [0.1, 0.15) is 0 Å². The van der Waals surface area contributed by atoms with Crippen molar-refractivity contribution in [3.05, 3.63) is 28.6 Å². The number of rotatable bonds is 3. The van der Waals surface area contributed by atoms with Gasteiger partial charge >= 0.3 is 0 Å². The highest BCUT2D eigenvalue weighted by molar-refractivity contribution is 5.85. The Morgan fingerprint density at radius 1 is 1.00 bits per heavy atom. The van der Waals surface area contributed by atoms with E-state index in [4.69, 9.17) is 18.6 Å². The Balaban J connectivity index is 2.85. The van der Waals surface area contributed by atoms with E-state index >= 15 is 0 Å². The molecule has 2 aromatic rings. The van der Waals surface area contributed by atoms with Crippen LogP contribution < -0.4 is 19.6 Å². The number of methoxy groups -OCH3 is 3. The van der Waals surface area contributed by atoms with Crippen LogP contribution in [0, 0.1) is 0 Å². The standard InChI is InChI=1S/C12H12O5/c1-14-7-4-8(15-2)11-9(5-7)17-6-10(16-3)12(11)13/h4-6H,1-3H3. The van der Waals surface area contributed by atoms with Gasteiger partial charge in [0.2, 0.25) is 11.2 Å². The van der Waals surface area contributed by atoms with Crippen LogP contribution in [0.2, 0.25) is 0 Å². The average molecular weight is 236 g/mol. The van der Waals surface area contributed by atoms with Crippen molar-refractivity contribution in [1.29, 1.82) is 0 Å². The molecule has 0 N–H and O–H groups in total. The molecule has 5 nitrogen and oxygen atoms in total. The number of hydrogen-bond acceptors (Lipinski definition) is 5. The number of benzene rings is 1. The third-order valence-corrected chi connectivity index (χ3v) is 2.46. The van der Waals surface area contributed by atoms with Gasteiger partial charge in [0.05, 0.1) is 21.3 Å². The van der Waals surface area contributed by atoms with E-state index in [2.05, 4.69) is 0 Å². The molecule has 0 atom stereocenters. The van der Waals surface area contributed by atoms with Crippen molar-refractivity contribution < 1.29 is 18.6 Å². The maximum absolute atomic E-state index is 12.0. The van der Waals surface area contributed by atoms with E-state index < -0.39 is 0 Å². The maximum atomic E-state index is 12.0. The van der Waals surface area contributed by atoms with Crippen LogP contribution in [0.25, 0.3) is 11.0 Å². The molecule has 1 heterocycles. The van der Waals surface area contributed by atoms with Gasteiger partial charge in [-0.25, -0.2) is 0 Å². The lowest BCUT2D eigenvalue weighted by atomic mass is 10.2. The molecule has 0 fully saturated rings. The van der Waals surface area contributed by atoms with Gasteiger partial charge in [-0.3, -0.25) is 4.79 Å².